The molecule has 0 bridgehead atoms. The van der Waals surface area contributed by atoms with Crippen LogP contribution in [0, 0.1) is 13.8 Å². The van der Waals surface area contributed by atoms with Gasteiger partial charge in [0.1, 0.15) is 0 Å². The van der Waals surface area contributed by atoms with E-state index in [0.29, 0.717) is 11.1 Å². The van der Waals surface area contributed by atoms with Gasteiger partial charge in [-0.3, -0.25) is 4.79 Å². The maximum atomic E-state index is 14.3. The Labute approximate surface area is 251 Å². The van der Waals surface area contributed by atoms with Crippen LogP contribution in [0.5, 0.6) is 0 Å². The van der Waals surface area contributed by atoms with Crippen molar-refractivity contribution in [3.05, 3.63) is 154 Å². The van der Waals surface area contributed by atoms with E-state index in [4.69, 9.17) is 0 Å². The summed E-state index contributed by atoms with van der Waals surface area (Å²) in [6.45, 7) is 4.13. The van der Waals surface area contributed by atoms with Gasteiger partial charge < -0.3 is 9.80 Å². The quantitative estimate of drug-likeness (QED) is 0.145. The lowest BCUT2D eigenvalue weighted by molar-refractivity contribution is -0.111. The maximum absolute atomic E-state index is 14.3. The van der Waals surface area contributed by atoms with Crippen LogP contribution < -0.4 is 9.80 Å². The highest BCUT2D eigenvalue weighted by molar-refractivity contribution is 6.17. The van der Waals surface area contributed by atoms with Crippen molar-refractivity contribution in [3.63, 3.8) is 0 Å². The van der Waals surface area contributed by atoms with Gasteiger partial charge in [-0.1, -0.05) is 108 Å². The Kier molecular flexibility index (Phi) is 10.1. The third-order valence-corrected chi connectivity index (χ3v) is 7.05. The summed E-state index contributed by atoms with van der Waals surface area (Å²) in [4.78, 5) is 18.4. The molecule has 0 N–H and O–H groups in total. The largest absolute Gasteiger partial charge is 0.378 e. The first kappa shape index (κ1) is 30.1. The van der Waals surface area contributed by atoms with Crippen LogP contribution >= 0.6 is 0 Å². The summed E-state index contributed by atoms with van der Waals surface area (Å²) in [5, 5.41) is 0. The average molecular weight is 553 g/mol. The Hall–Kier alpha value is -4.89. The molecule has 0 saturated heterocycles. The number of aryl methyl sites for hydroxylation is 2. The third-order valence-electron chi connectivity index (χ3n) is 7.05. The van der Waals surface area contributed by atoms with Crippen LogP contribution in [-0.4, -0.2) is 34.0 Å². The van der Waals surface area contributed by atoms with Gasteiger partial charge in [-0.2, -0.15) is 0 Å². The van der Waals surface area contributed by atoms with Crippen LogP contribution in [0.4, 0.5) is 11.4 Å². The van der Waals surface area contributed by atoms with E-state index < -0.39 is 0 Å². The molecule has 0 spiro atoms. The van der Waals surface area contributed by atoms with Gasteiger partial charge in [-0.15, -0.1) is 0 Å². The van der Waals surface area contributed by atoms with Crippen LogP contribution in [-0.2, 0) is 4.79 Å². The van der Waals surface area contributed by atoms with Crippen molar-refractivity contribution in [1.29, 1.82) is 0 Å². The lowest BCUT2D eigenvalue weighted by Crippen LogP contribution is -2.08. The Morgan fingerprint density at radius 2 is 0.786 bits per heavy atom. The van der Waals surface area contributed by atoms with E-state index in [-0.39, 0.29) is 5.78 Å². The molecule has 4 aromatic carbocycles. The molecule has 0 aliphatic rings. The fourth-order valence-corrected chi connectivity index (χ4v) is 4.37. The van der Waals surface area contributed by atoms with Gasteiger partial charge in [0.05, 0.1) is 0 Å². The molecule has 212 valence electrons. The summed E-state index contributed by atoms with van der Waals surface area (Å²) in [5.74, 6) is -0.0431. The smallest absolute Gasteiger partial charge is 0.193 e. The van der Waals surface area contributed by atoms with Gasteiger partial charge in [-0.05, 0) is 72.5 Å². The molecule has 0 radical (unpaired) electrons. The summed E-state index contributed by atoms with van der Waals surface area (Å²) < 4.78 is 0. The second-order valence-electron chi connectivity index (χ2n) is 11.0. The third kappa shape index (κ3) is 8.55. The van der Waals surface area contributed by atoms with E-state index in [1.165, 1.54) is 11.1 Å². The molecule has 0 saturated carbocycles. The van der Waals surface area contributed by atoms with Crippen molar-refractivity contribution in [1.82, 2.24) is 0 Å². The number of benzene rings is 4. The molecule has 42 heavy (non-hydrogen) atoms. The molecule has 3 heteroatoms. The maximum Gasteiger partial charge on any atom is 0.193 e. The molecule has 3 nitrogen and oxygen atoms in total. The molecule has 0 fully saturated rings. The molecule has 0 amide bonds. The minimum Gasteiger partial charge on any atom is -0.378 e. The molecule has 0 aliphatic heterocycles. The first-order valence-electron chi connectivity index (χ1n) is 14.2. The Balaban J connectivity index is 1.75. The Morgan fingerprint density at radius 3 is 1.10 bits per heavy atom. The van der Waals surface area contributed by atoms with Gasteiger partial charge in [0.2, 0.25) is 0 Å². The molecular formula is C39H40N2O. The first-order chi connectivity index (χ1) is 20.2. The van der Waals surface area contributed by atoms with Crippen LogP contribution in [0.1, 0.15) is 33.4 Å². The van der Waals surface area contributed by atoms with E-state index in [0.717, 1.165) is 33.6 Å². The van der Waals surface area contributed by atoms with E-state index in [1.54, 1.807) is 0 Å². The molecular weight excluding hydrogens is 512 g/mol. The van der Waals surface area contributed by atoms with Crippen LogP contribution in [0.25, 0.3) is 24.3 Å². The number of Topliss-reactive ketones (excluding diaryl/α,β-unsaturated/α-hetero) is 1. The van der Waals surface area contributed by atoms with Crippen LogP contribution in [0.15, 0.2) is 120 Å². The summed E-state index contributed by atoms with van der Waals surface area (Å²) in [6.07, 6.45) is 11.8. The minimum atomic E-state index is -0.0431. The van der Waals surface area contributed by atoms with Crippen molar-refractivity contribution >= 4 is 41.5 Å². The van der Waals surface area contributed by atoms with Gasteiger partial charge in [0.25, 0.3) is 0 Å². The number of carbonyl (C=O) groups excluding carboxylic acids is 1. The van der Waals surface area contributed by atoms with Crippen LogP contribution in [0.2, 0.25) is 0 Å². The molecule has 0 unspecified atom stereocenters. The van der Waals surface area contributed by atoms with Gasteiger partial charge in [0, 0.05) is 50.7 Å². The summed E-state index contributed by atoms with van der Waals surface area (Å²) in [5.41, 5.74) is 9.87. The molecule has 0 atom stereocenters. The minimum absolute atomic E-state index is 0.0431. The predicted octanol–water partition coefficient (Wildman–Crippen LogP) is 8.90. The lowest BCUT2D eigenvalue weighted by atomic mass is 9.96. The molecule has 0 aromatic heterocycles. The van der Waals surface area contributed by atoms with Crippen molar-refractivity contribution in [2.45, 2.75) is 13.8 Å². The number of ketones is 1. The van der Waals surface area contributed by atoms with Crippen LogP contribution in [0.3, 0.4) is 0 Å². The number of hydrogen-bond acceptors (Lipinski definition) is 3. The fraction of sp³-hybridized carbons (Fsp3) is 0.154. The molecule has 4 aromatic rings. The van der Waals surface area contributed by atoms with E-state index in [1.807, 2.05) is 88.9 Å². The van der Waals surface area contributed by atoms with Gasteiger partial charge in [-0.25, -0.2) is 0 Å². The zero-order chi connectivity index (χ0) is 30.1. The van der Waals surface area contributed by atoms with Gasteiger partial charge in [0.15, 0.2) is 5.78 Å². The average Bonchev–Trinajstić information content (AvgIpc) is 2.99. The second-order valence-corrected chi connectivity index (χ2v) is 11.0. The highest BCUT2D eigenvalue weighted by Crippen LogP contribution is 2.22. The highest BCUT2D eigenvalue weighted by atomic mass is 16.1. The standard InChI is InChI=1S/C39H40N2O/c1-29-7-11-33(12-8-29)27-35(21-15-31-17-23-37(24-18-31)40(3)4)39(42)36(28-34-13-9-30(2)10-14-34)22-16-32-19-25-38(26-20-32)41(5)6/h7-28H,1-6H3. The monoisotopic (exact) mass is 552 g/mol. The topological polar surface area (TPSA) is 23.6 Å². The molecule has 0 heterocycles. The van der Waals surface area contributed by atoms with E-state index in [9.17, 15) is 4.79 Å². The number of rotatable bonds is 10. The van der Waals surface area contributed by atoms with Gasteiger partial charge >= 0.3 is 0 Å². The van der Waals surface area contributed by atoms with Crippen molar-refractivity contribution < 1.29 is 4.79 Å². The van der Waals surface area contributed by atoms with Crippen molar-refractivity contribution in [2.75, 3.05) is 38.0 Å². The molecule has 4 rings (SSSR count). The Morgan fingerprint density at radius 1 is 0.476 bits per heavy atom. The normalized spacial score (nSPS) is 12.2. The Bertz CT molecular complexity index is 1480. The van der Waals surface area contributed by atoms with Crippen molar-refractivity contribution in [2.24, 2.45) is 0 Å². The SMILES string of the molecule is Cc1ccc(C=C(C=Cc2ccc(N(C)C)cc2)C(=O)C(C=Cc2ccc(N(C)C)cc2)=Cc2ccc(C)cc2)cc1. The highest BCUT2D eigenvalue weighted by Gasteiger charge is 2.12. The summed E-state index contributed by atoms with van der Waals surface area (Å²) in [7, 11) is 8.10. The number of nitrogens with zero attached hydrogens (tertiary/aromatic N) is 2. The summed E-state index contributed by atoms with van der Waals surface area (Å²) in [6, 6.07) is 33.1. The molecule has 0 aliphatic carbocycles. The number of carbonyl (C=O) groups is 1. The predicted molar refractivity (Wildman–Crippen MR) is 183 cm³/mol. The van der Waals surface area contributed by atoms with E-state index in [2.05, 4.69) is 96.4 Å². The lowest BCUT2D eigenvalue weighted by Gasteiger charge is -2.12. The number of hydrogen-bond donors (Lipinski definition) is 0. The summed E-state index contributed by atoms with van der Waals surface area (Å²) >= 11 is 0. The van der Waals surface area contributed by atoms with Crippen molar-refractivity contribution in [3.8, 4) is 0 Å². The number of anilines is 2. The zero-order valence-electron chi connectivity index (χ0n) is 25.5. The van der Waals surface area contributed by atoms with E-state index >= 15 is 0 Å². The fourth-order valence-electron chi connectivity index (χ4n) is 4.37. The number of allylic oxidation sites excluding steroid dienone is 4. The zero-order valence-corrected chi connectivity index (χ0v) is 25.5. The second kappa shape index (κ2) is 14.1. The first-order valence-corrected chi connectivity index (χ1v) is 14.2.